The van der Waals surface area contributed by atoms with Crippen LogP contribution in [0, 0.1) is 6.92 Å². The summed E-state index contributed by atoms with van der Waals surface area (Å²) in [4.78, 5) is 2.23. The highest BCUT2D eigenvalue weighted by atomic mass is 32.2. The molecule has 0 amide bonds. The van der Waals surface area contributed by atoms with E-state index in [-0.39, 0.29) is 11.0 Å². The summed E-state index contributed by atoms with van der Waals surface area (Å²) in [5, 5.41) is 5.25. The average molecular weight is 299 g/mol. The maximum absolute atomic E-state index is 11.6. The monoisotopic (exact) mass is 299 g/mol. The Balaban J connectivity index is 2.36. The number of nitrogen functional groups attached to an aromatic ring is 1. The Morgan fingerprint density at radius 3 is 2.40 bits per heavy atom. The van der Waals surface area contributed by atoms with Gasteiger partial charge in [-0.05, 0) is 37.5 Å². The highest BCUT2D eigenvalue weighted by molar-refractivity contribution is 7.89. The number of primary sulfonamides is 1. The maximum atomic E-state index is 11.6. The molecule has 1 heterocycles. The van der Waals surface area contributed by atoms with Crippen LogP contribution in [0.3, 0.4) is 0 Å². The number of hydrogen-bond acceptors (Lipinski definition) is 5. The first-order valence-electron chi connectivity index (χ1n) is 6.53. The summed E-state index contributed by atoms with van der Waals surface area (Å²) in [5.41, 5.74) is 7.71. The molecule has 4 N–H and O–H groups in total. The van der Waals surface area contributed by atoms with Gasteiger partial charge in [0.1, 0.15) is 0 Å². The average Bonchev–Trinajstić information content (AvgIpc) is 2.40. The van der Waals surface area contributed by atoms with E-state index >= 15 is 0 Å². The molecule has 0 spiro atoms. The number of piperidine rings is 1. The predicted octanol–water partition coefficient (Wildman–Crippen LogP) is 0.840. The van der Waals surface area contributed by atoms with Crippen LogP contribution in [0.25, 0.3) is 0 Å². The number of benzene rings is 1. The summed E-state index contributed by atoms with van der Waals surface area (Å²) in [5.74, 6) is 0. The van der Waals surface area contributed by atoms with Gasteiger partial charge in [0, 0.05) is 31.6 Å². The third kappa shape index (κ3) is 3.05. The zero-order valence-corrected chi connectivity index (χ0v) is 12.6. The number of nitrogens with two attached hydrogens (primary N) is 2. The molecule has 1 aliphatic rings. The molecule has 20 heavy (non-hydrogen) atoms. The van der Waals surface area contributed by atoms with Crippen molar-refractivity contribution in [1.29, 1.82) is 0 Å². The van der Waals surface area contributed by atoms with Crippen LogP contribution in [0.1, 0.15) is 18.4 Å². The second-order valence-corrected chi connectivity index (χ2v) is 6.66. The predicted molar refractivity (Wildman–Crippen MR) is 79.2 cm³/mol. The summed E-state index contributed by atoms with van der Waals surface area (Å²) in [7, 11) is -2.05. The van der Waals surface area contributed by atoms with Crippen molar-refractivity contribution in [2.24, 2.45) is 5.14 Å². The van der Waals surface area contributed by atoms with Gasteiger partial charge in [-0.15, -0.1) is 0 Å². The summed E-state index contributed by atoms with van der Waals surface area (Å²) in [6.45, 7) is 3.39. The molecule has 6 nitrogen and oxygen atoms in total. The van der Waals surface area contributed by atoms with E-state index in [1.165, 1.54) is 6.07 Å². The lowest BCUT2D eigenvalue weighted by molar-refractivity contribution is 0.0819. The van der Waals surface area contributed by atoms with Crippen LogP contribution in [-0.2, 0) is 14.8 Å². The highest BCUT2D eigenvalue weighted by Gasteiger charge is 2.23. The molecule has 0 aliphatic carbocycles. The van der Waals surface area contributed by atoms with E-state index in [0.29, 0.717) is 11.3 Å². The van der Waals surface area contributed by atoms with Gasteiger partial charge in [0.2, 0.25) is 10.0 Å². The minimum Gasteiger partial charge on any atom is -0.399 e. The van der Waals surface area contributed by atoms with E-state index < -0.39 is 10.0 Å². The van der Waals surface area contributed by atoms with E-state index in [9.17, 15) is 8.42 Å². The normalized spacial score (nSPS) is 17.4. The van der Waals surface area contributed by atoms with Crippen LogP contribution in [0.4, 0.5) is 11.4 Å². The summed E-state index contributed by atoms with van der Waals surface area (Å²) in [6, 6.07) is 3.22. The van der Waals surface area contributed by atoms with E-state index in [1.807, 2.05) is 0 Å². The molecule has 7 heteroatoms. The smallest absolute Gasteiger partial charge is 0.238 e. The number of methoxy groups -OCH3 is 1. The number of sulfonamides is 1. The quantitative estimate of drug-likeness (QED) is 0.806. The van der Waals surface area contributed by atoms with Crippen molar-refractivity contribution in [2.75, 3.05) is 30.8 Å². The number of ether oxygens (including phenoxy) is 1. The Hall–Kier alpha value is -1.31. The first-order chi connectivity index (χ1) is 9.32. The van der Waals surface area contributed by atoms with Gasteiger partial charge in [-0.25, -0.2) is 13.6 Å². The lowest BCUT2D eigenvalue weighted by atomic mass is 10.0. The molecule has 1 fully saturated rings. The highest BCUT2D eigenvalue weighted by Crippen LogP contribution is 2.31. The van der Waals surface area contributed by atoms with Gasteiger partial charge in [-0.1, -0.05) is 0 Å². The number of nitrogens with zero attached hydrogens (tertiary/aromatic N) is 1. The van der Waals surface area contributed by atoms with Crippen molar-refractivity contribution in [1.82, 2.24) is 0 Å². The second-order valence-electron chi connectivity index (χ2n) is 5.13. The topological polar surface area (TPSA) is 98.7 Å². The second kappa shape index (κ2) is 5.59. The van der Waals surface area contributed by atoms with Crippen LogP contribution in [0.2, 0.25) is 0 Å². The van der Waals surface area contributed by atoms with Crippen LogP contribution < -0.4 is 15.8 Å². The maximum Gasteiger partial charge on any atom is 0.238 e. The van der Waals surface area contributed by atoms with Crippen molar-refractivity contribution < 1.29 is 13.2 Å². The Kier molecular flexibility index (Phi) is 4.22. The SMILES string of the molecule is COC1CCN(c2cc(N)cc(S(N)(=O)=O)c2C)CC1. The van der Waals surface area contributed by atoms with Gasteiger partial charge in [0.15, 0.2) is 0 Å². The molecule has 112 valence electrons. The van der Waals surface area contributed by atoms with Crippen molar-refractivity contribution >= 4 is 21.4 Å². The van der Waals surface area contributed by atoms with E-state index in [4.69, 9.17) is 15.6 Å². The summed E-state index contributed by atoms with van der Waals surface area (Å²) >= 11 is 0. The third-order valence-electron chi connectivity index (χ3n) is 3.78. The summed E-state index contributed by atoms with van der Waals surface area (Å²) < 4.78 is 28.6. The lowest BCUT2D eigenvalue weighted by Gasteiger charge is -2.34. The zero-order valence-electron chi connectivity index (χ0n) is 11.8. The minimum absolute atomic E-state index is 0.0985. The Bertz CT molecular complexity index is 593. The first-order valence-corrected chi connectivity index (χ1v) is 8.08. The Morgan fingerprint density at radius 1 is 1.30 bits per heavy atom. The molecule has 0 bridgehead atoms. The van der Waals surface area contributed by atoms with Crippen molar-refractivity contribution in [3.8, 4) is 0 Å². The standard InChI is InChI=1S/C13H21N3O3S/c1-9-12(16-5-3-11(19-2)4-6-16)7-10(14)8-13(9)20(15,17)18/h7-8,11H,3-6,14H2,1-2H3,(H2,15,17,18). The van der Waals surface area contributed by atoms with Gasteiger partial charge >= 0.3 is 0 Å². The molecular weight excluding hydrogens is 278 g/mol. The van der Waals surface area contributed by atoms with Gasteiger partial charge in [-0.3, -0.25) is 0 Å². The molecule has 1 saturated heterocycles. The van der Waals surface area contributed by atoms with Gasteiger partial charge in [-0.2, -0.15) is 0 Å². The Labute approximate surface area is 119 Å². The molecule has 1 aromatic carbocycles. The number of hydrogen-bond donors (Lipinski definition) is 2. The molecule has 1 aliphatic heterocycles. The van der Waals surface area contributed by atoms with Gasteiger partial charge in [0.05, 0.1) is 11.0 Å². The molecule has 0 aromatic heterocycles. The van der Waals surface area contributed by atoms with E-state index in [1.54, 1.807) is 20.1 Å². The Morgan fingerprint density at radius 2 is 1.90 bits per heavy atom. The van der Waals surface area contributed by atoms with Crippen LogP contribution >= 0.6 is 0 Å². The largest absolute Gasteiger partial charge is 0.399 e. The molecule has 1 aromatic rings. The molecule has 0 unspecified atom stereocenters. The van der Waals surface area contributed by atoms with Crippen LogP contribution in [0.5, 0.6) is 0 Å². The lowest BCUT2D eigenvalue weighted by Crippen LogP contribution is -2.37. The fraction of sp³-hybridized carbons (Fsp3) is 0.538. The molecule has 0 saturated carbocycles. The van der Waals surface area contributed by atoms with Crippen LogP contribution in [-0.4, -0.2) is 34.7 Å². The molecule has 0 atom stereocenters. The molecule has 0 radical (unpaired) electrons. The van der Waals surface area contributed by atoms with Crippen molar-refractivity contribution in [3.63, 3.8) is 0 Å². The zero-order chi connectivity index (χ0) is 14.9. The van der Waals surface area contributed by atoms with E-state index in [2.05, 4.69) is 4.90 Å². The van der Waals surface area contributed by atoms with Gasteiger partial charge < -0.3 is 15.4 Å². The van der Waals surface area contributed by atoms with E-state index in [0.717, 1.165) is 31.6 Å². The fourth-order valence-corrected chi connectivity index (χ4v) is 3.48. The third-order valence-corrected chi connectivity index (χ3v) is 4.81. The summed E-state index contributed by atoms with van der Waals surface area (Å²) in [6.07, 6.45) is 2.09. The van der Waals surface area contributed by atoms with Gasteiger partial charge in [0.25, 0.3) is 0 Å². The van der Waals surface area contributed by atoms with Crippen molar-refractivity contribution in [3.05, 3.63) is 17.7 Å². The number of anilines is 2. The molecular formula is C13H21N3O3S. The van der Waals surface area contributed by atoms with Crippen LogP contribution in [0.15, 0.2) is 17.0 Å². The first kappa shape index (κ1) is 15.1. The minimum atomic E-state index is -3.76. The fourth-order valence-electron chi connectivity index (χ4n) is 2.65. The molecule has 2 rings (SSSR count). The number of rotatable bonds is 3. The van der Waals surface area contributed by atoms with Crippen molar-refractivity contribution in [2.45, 2.75) is 30.8 Å².